The van der Waals surface area contributed by atoms with E-state index in [2.05, 4.69) is 31.3 Å². The van der Waals surface area contributed by atoms with Gasteiger partial charge in [-0.15, -0.1) is 0 Å². The Bertz CT molecular complexity index is 391. The molecule has 1 aromatic carbocycles. The van der Waals surface area contributed by atoms with E-state index in [9.17, 15) is 4.79 Å². The fraction of sp³-hybridized carbons (Fsp3) is 0.588. The third kappa shape index (κ3) is 5.33. The maximum Gasteiger partial charge on any atom is 0.237 e. The minimum atomic E-state index is -0.407. The second kappa shape index (κ2) is 8.75. The van der Waals surface area contributed by atoms with Crippen LogP contribution in [0.5, 0.6) is 0 Å². The summed E-state index contributed by atoms with van der Waals surface area (Å²) in [6.45, 7) is 6.22. The van der Waals surface area contributed by atoms with Gasteiger partial charge in [-0.2, -0.15) is 0 Å². The lowest BCUT2D eigenvalue weighted by Crippen LogP contribution is -2.48. The van der Waals surface area contributed by atoms with E-state index in [0.717, 1.165) is 25.7 Å². The third-order valence-corrected chi connectivity index (χ3v) is 3.87. The lowest BCUT2D eigenvalue weighted by atomic mass is 9.97. The van der Waals surface area contributed by atoms with Crippen molar-refractivity contribution in [1.82, 2.24) is 5.32 Å². The molecule has 0 aromatic heterocycles. The zero-order valence-electron chi connectivity index (χ0n) is 12.9. The first-order valence-electron chi connectivity index (χ1n) is 7.68. The number of hydrogen-bond donors (Lipinski definition) is 2. The zero-order chi connectivity index (χ0) is 15.0. The second-order valence-electron chi connectivity index (χ2n) is 5.60. The molecule has 0 aliphatic rings. The number of hydrogen-bond acceptors (Lipinski definition) is 2. The molecule has 0 bridgehead atoms. The molecule has 0 aliphatic heterocycles. The van der Waals surface area contributed by atoms with Gasteiger partial charge in [-0.25, -0.2) is 0 Å². The molecular formula is C17H28N2O. The minimum Gasteiger partial charge on any atom is -0.352 e. The van der Waals surface area contributed by atoms with Gasteiger partial charge in [-0.1, -0.05) is 63.9 Å². The summed E-state index contributed by atoms with van der Waals surface area (Å²) in [5.74, 6) is 0.197. The summed E-state index contributed by atoms with van der Waals surface area (Å²) in [6.07, 6.45) is 3.82. The molecule has 20 heavy (non-hydrogen) atoms. The zero-order valence-corrected chi connectivity index (χ0v) is 12.9. The molecule has 0 heterocycles. The summed E-state index contributed by atoms with van der Waals surface area (Å²) >= 11 is 0. The molecule has 0 saturated heterocycles. The van der Waals surface area contributed by atoms with Crippen LogP contribution in [0.15, 0.2) is 30.3 Å². The highest BCUT2D eigenvalue weighted by atomic mass is 16.2. The monoisotopic (exact) mass is 276 g/mol. The van der Waals surface area contributed by atoms with Crippen molar-refractivity contribution in [2.24, 2.45) is 11.7 Å². The van der Waals surface area contributed by atoms with E-state index < -0.39 is 6.04 Å². The lowest BCUT2D eigenvalue weighted by Gasteiger charge is -2.23. The Morgan fingerprint density at radius 3 is 2.45 bits per heavy atom. The van der Waals surface area contributed by atoms with Gasteiger partial charge in [-0.3, -0.25) is 4.79 Å². The van der Waals surface area contributed by atoms with Crippen molar-refractivity contribution < 1.29 is 4.79 Å². The van der Waals surface area contributed by atoms with Gasteiger partial charge in [0.05, 0.1) is 6.04 Å². The largest absolute Gasteiger partial charge is 0.352 e. The molecule has 1 rings (SSSR count). The molecule has 1 aromatic rings. The molecule has 0 radical (unpaired) electrons. The Hall–Kier alpha value is -1.35. The maximum atomic E-state index is 12.2. The fourth-order valence-electron chi connectivity index (χ4n) is 2.28. The molecule has 3 N–H and O–H groups in total. The van der Waals surface area contributed by atoms with Gasteiger partial charge >= 0.3 is 0 Å². The number of nitrogens with two attached hydrogens (primary N) is 1. The third-order valence-electron chi connectivity index (χ3n) is 3.87. The van der Waals surface area contributed by atoms with E-state index in [1.54, 1.807) is 0 Å². The summed E-state index contributed by atoms with van der Waals surface area (Å²) in [5.41, 5.74) is 7.25. The summed E-state index contributed by atoms with van der Waals surface area (Å²) in [5, 5.41) is 3.12. The first kappa shape index (κ1) is 16.7. The molecule has 3 nitrogen and oxygen atoms in total. The van der Waals surface area contributed by atoms with Crippen molar-refractivity contribution in [3.8, 4) is 0 Å². The van der Waals surface area contributed by atoms with Crippen molar-refractivity contribution in [2.45, 2.75) is 58.5 Å². The van der Waals surface area contributed by atoms with Crippen molar-refractivity contribution >= 4 is 5.91 Å². The quantitative estimate of drug-likeness (QED) is 0.767. The predicted molar refractivity (Wildman–Crippen MR) is 84.4 cm³/mol. The molecule has 0 spiro atoms. The van der Waals surface area contributed by atoms with Crippen molar-refractivity contribution in [2.75, 3.05) is 0 Å². The van der Waals surface area contributed by atoms with Gasteiger partial charge in [0.25, 0.3) is 0 Å². The highest BCUT2D eigenvalue weighted by molar-refractivity contribution is 5.82. The van der Waals surface area contributed by atoms with Gasteiger partial charge < -0.3 is 11.1 Å². The van der Waals surface area contributed by atoms with Crippen molar-refractivity contribution in [3.05, 3.63) is 35.9 Å². The summed E-state index contributed by atoms with van der Waals surface area (Å²) < 4.78 is 0. The van der Waals surface area contributed by atoms with Gasteiger partial charge in [0.2, 0.25) is 5.91 Å². The second-order valence-corrected chi connectivity index (χ2v) is 5.60. The Balaban J connectivity index is 2.60. The van der Waals surface area contributed by atoms with E-state index >= 15 is 0 Å². The van der Waals surface area contributed by atoms with Gasteiger partial charge in [0.1, 0.15) is 0 Å². The smallest absolute Gasteiger partial charge is 0.237 e. The number of carbonyl (C=O) groups excluding carboxylic acids is 1. The predicted octanol–water partition coefficient (Wildman–Crippen LogP) is 2.89. The first-order chi connectivity index (χ1) is 9.58. The van der Waals surface area contributed by atoms with E-state index in [-0.39, 0.29) is 17.9 Å². The number of benzene rings is 1. The highest BCUT2D eigenvalue weighted by Gasteiger charge is 2.21. The van der Waals surface area contributed by atoms with Crippen LogP contribution in [-0.4, -0.2) is 18.0 Å². The molecule has 3 unspecified atom stereocenters. The summed E-state index contributed by atoms with van der Waals surface area (Å²) in [7, 11) is 0. The van der Waals surface area contributed by atoms with E-state index in [0.29, 0.717) is 0 Å². The average Bonchev–Trinajstić information content (AvgIpc) is 2.46. The summed E-state index contributed by atoms with van der Waals surface area (Å²) in [4.78, 5) is 12.2. The van der Waals surface area contributed by atoms with E-state index in [4.69, 9.17) is 5.73 Å². The fourth-order valence-corrected chi connectivity index (χ4v) is 2.28. The Morgan fingerprint density at radius 2 is 1.90 bits per heavy atom. The Labute approximate surface area is 122 Å². The number of nitrogens with one attached hydrogen (secondary N) is 1. The Kier molecular flexibility index (Phi) is 7.31. The van der Waals surface area contributed by atoms with Gasteiger partial charge in [0.15, 0.2) is 0 Å². The molecule has 0 saturated carbocycles. The molecule has 0 fully saturated rings. The topological polar surface area (TPSA) is 55.1 Å². The van der Waals surface area contributed by atoms with Gasteiger partial charge in [-0.05, 0) is 24.3 Å². The number of carbonyl (C=O) groups is 1. The molecule has 1 amide bonds. The van der Waals surface area contributed by atoms with Crippen LogP contribution >= 0.6 is 0 Å². The molecule has 112 valence electrons. The van der Waals surface area contributed by atoms with E-state index in [1.807, 2.05) is 25.1 Å². The van der Waals surface area contributed by atoms with Crippen molar-refractivity contribution in [1.29, 1.82) is 0 Å². The number of rotatable bonds is 8. The Morgan fingerprint density at radius 1 is 1.25 bits per heavy atom. The molecule has 0 aliphatic carbocycles. The SMILES string of the molecule is CCCC(Cc1ccccc1)NC(=O)C(N)C(C)CC. The van der Waals surface area contributed by atoms with Crippen molar-refractivity contribution in [3.63, 3.8) is 0 Å². The van der Waals surface area contributed by atoms with Crippen LogP contribution in [0.4, 0.5) is 0 Å². The molecule has 3 atom stereocenters. The van der Waals surface area contributed by atoms with Crippen LogP contribution in [0.2, 0.25) is 0 Å². The lowest BCUT2D eigenvalue weighted by molar-refractivity contribution is -0.124. The first-order valence-corrected chi connectivity index (χ1v) is 7.68. The van der Waals surface area contributed by atoms with E-state index in [1.165, 1.54) is 5.56 Å². The maximum absolute atomic E-state index is 12.2. The summed E-state index contributed by atoms with van der Waals surface area (Å²) in [6, 6.07) is 10.0. The minimum absolute atomic E-state index is 0.0197. The van der Waals surface area contributed by atoms with Crippen LogP contribution in [-0.2, 0) is 11.2 Å². The van der Waals surface area contributed by atoms with Crippen LogP contribution in [0.3, 0.4) is 0 Å². The molecular weight excluding hydrogens is 248 g/mol. The van der Waals surface area contributed by atoms with Gasteiger partial charge in [0, 0.05) is 6.04 Å². The normalized spacial score (nSPS) is 15.4. The number of amides is 1. The van der Waals surface area contributed by atoms with Crippen LogP contribution in [0, 0.1) is 5.92 Å². The van der Waals surface area contributed by atoms with Crippen LogP contribution < -0.4 is 11.1 Å². The van der Waals surface area contributed by atoms with Crippen LogP contribution in [0.25, 0.3) is 0 Å². The average molecular weight is 276 g/mol. The molecule has 3 heteroatoms. The standard InChI is InChI=1S/C17H28N2O/c1-4-9-15(12-14-10-7-6-8-11-14)19-17(20)16(18)13(3)5-2/h6-8,10-11,13,15-16H,4-5,9,12,18H2,1-3H3,(H,19,20). The highest BCUT2D eigenvalue weighted by Crippen LogP contribution is 2.10. The van der Waals surface area contributed by atoms with Crippen LogP contribution in [0.1, 0.15) is 45.6 Å².